The molecule has 0 aromatic carbocycles. The van der Waals surface area contributed by atoms with Crippen molar-refractivity contribution >= 4 is 23.0 Å². The van der Waals surface area contributed by atoms with Gasteiger partial charge in [0.1, 0.15) is 0 Å². The summed E-state index contributed by atoms with van der Waals surface area (Å²) in [6.45, 7) is 4.12. The highest BCUT2D eigenvalue weighted by molar-refractivity contribution is 6.06. The molecule has 2 aromatic rings. The first-order valence-electron chi connectivity index (χ1n) is 7.23. The molecule has 3 rings (SSSR count). The van der Waals surface area contributed by atoms with E-state index in [4.69, 9.17) is 9.63 Å². The zero-order valence-corrected chi connectivity index (χ0v) is 12.5. The summed E-state index contributed by atoms with van der Waals surface area (Å²) in [7, 11) is 0. The summed E-state index contributed by atoms with van der Waals surface area (Å²) in [6, 6.07) is 1.46. The fourth-order valence-corrected chi connectivity index (χ4v) is 3.06. The summed E-state index contributed by atoms with van der Waals surface area (Å²) in [4.78, 5) is 29.7. The third-order valence-corrected chi connectivity index (χ3v) is 4.02. The smallest absolute Gasteiger partial charge is 0.305 e. The minimum atomic E-state index is -0.887. The van der Waals surface area contributed by atoms with Crippen molar-refractivity contribution in [2.45, 2.75) is 39.2 Å². The van der Waals surface area contributed by atoms with Gasteiger partial charge in [-0.25, -0.2) is 4.98 Å². The Morgan fingerprint density at radius 1 is 1.45 bits per heavy atom. The monoisotopic (exact) mass is 303 g/mol. The molecule has 3 heterocycles. The lowest BCUT2D eigenvalue weighted by atomic mass is 10.1. The molecule has 0 spiro atoms. The quantitative estimate of drug-likeness (QED) is 0.930. The molecule has 1 aliphatic rings. The summed E-state index contributed by atoms with van der Waals surface area (Å²) in [5.41, 5.74) is 2.11. The van der Waals surface area contributed by atoms with Crippen LogP contribution in [0.3, 0.4) is 0 Å². The van der Waals surface area contributed by atoms with Crippen molar-refractivity contribution in [1.29, 1.82) is 0 Å². The molecular weight excluding hydrogens is 286 g/mol. The zero-order valence-electron chi connectivity index (χ0n) is 12.5. The van der Waals surface area contributed by atoms with Gasteiger partial charge in [0, 0.05) is 18.3 Å². The number of pyridine rings is 1. The lowest BCUT2D eigenvalue weighted by Gasteiger charge is -2.23. The van der Waals surface area contributed by atoms with Crippen LogP contribution < -0.4 is 0 Å². The second kappa shape index (κ2) is 5.40. The molecule has 2 aromatic heterocycles. The first-order valence-corrected chi connectivity index (χ1v) is 7.23. The molecule has 116 valence electrons. The standard InChI is InChI=1S/C15H17N3O4/c1-8-6-11(13-9(2)17-22-14(13)16-8)15(21)18-5-3-4-10(18)7-12(19)20/h6,10H,3-5,7H2,1-2H3,(H,19,20). The van der Waals surface area contributed by atoms with Gasteiger partial charge in [-0.3, -0.25) is 9.59 Å². The van der Waals surface area contributed by atoms with Crippen LogP contribution in [0.1, 0.15) is 41.0 Å². The Balaban J connectivity index is 2.01. The van der Waals surface area contributed by atoms with Crippen LogP contribution in [-0.4, -0.2) is 44.6 Å². The van der Waals surface area contributed by atoms with Gasteiger partial charge in [-0.2, -0.15) is 0 Å². The maximum atomic E-state index is 12.9. The number of aromatic nitrogens is 2. The van der Waals surface area contributed by atoms with Crippen LogP contribution in [0.5, 0.6) is 0 Å². The normalized spacial score (nSPS) is 18.1. The Bertz CT molecular complexity index is 753. The van der Waals surface area contributed by atoms with E-state index in [1.165, 1.54) is 0 Å². The van der Waals surface area contributed by atoms with E-state index in [1.807, 2.05) is 0 Å². The molecule has 0 aliphatic carbocycles. The Labute approximate surface area is 126 Å². The van der Waals surface area contributed by atoms with Crippen molar-refractivity contribution in [3.05, 3.63) is 23.0 Å². The van der Waals surface area contributed by atoms with Gasteiger partial charge in [-0.1, -0.05) is 5.16 Å². The van der Waals surface area contributed by atoms with E-state index in [-0.39, 0.29) is 18.4 Å². The number of hydrogen-bond donors (Lipinski definition) is 1. The summed E-state index contributed by atoms with van der Waals surface area (Å²) >= 11 is 0. The van der Waals surface area contributed by atoms with Gasteiger partial charge in [-0.15, -0.1) is 0 Å². The molecule has 7 heteroatoms. The number of amides is 1. The van der Waals surface area contributed by atoms with Crippen molar-refractivity contribution < 1.29 is 19.2 Å². The molecule has 1 amide bonds. The SMILES string of the molecule is Cc1cc(C(=O)N2CCCC2CC(=O)O)c2c(C)noc2n1. The highest BCUT2D eigenvalue weighted by Crippen LogP contribution is 2.27. The van der Waals surface area contributed by atoms with Crippen molar-refractivity contribution in [1.82, 2.24) is 15.0 Å². The van der Waals surface area contributed by atoms with Crippen LogP contribution in [0.2, 0.25) is 0 Å². The number of aryl methyl sites for hydroxylation is 2. The van der Waals surface area contributed by atoms with Gasteiger partial charge in [0.05, 0.1) is 23.1 Å². The first-order chi connectivity index (χ1) is 10.5. The third kappa shape index (κ3) is 2.43. The molecule has 1 atom stereocenters. The molecule has 1 aliphatic heterocycles. The van der Waals surface area contributed by atoms with Gasteiger partial charge < -0.3 is 14.5 Å². The minimum Gasteiger partial charge on any atom is -0.481 e. The van der Waals surface area contributed by atoms with Crippen LogP contribution in [0.15, 0.2) is 10.6 Å². The van der Waals surface area contributed by atoms with Crippen molar-refractivity contribution in [2.75, 3.05) is 6.54 Å². The Kier molecular flexibility index (Phi) is 3.56. The number of aliphatic carboxylic acids is 1. The van der Waals surface area contributed by atoms with Crippen LogP contribution >= 0.6 is 0 Å². The highest BCUT2D eigenvalue weighted by atomic mass is 16.5. The summed E-state index contributed by atoms with van der Waals surface area (Å²) in [5, 5.41) is 13.5. The second-order valence-corrected chi connectivity index (χ2v) is 5.65. The van der Waals surface area contributed by atoms with Gasteiger partial charge >= 0.3 is 5.97 Å². The average Bonchev–Trinajstić information content (AvgIpc) is 3.04. The maximum Gasteiger partial charge on any atom is 0.305 e. The molecule has 1 unspecified atom stereocenters. The summed E-state index contributed by atoms with van der Waals surface area (Å²) < 4.78 is 5.15. The Morgan fingerprint density at radius 3 is 2.95 bits per heavy atom. The minimum absolute atomic E-state index is 0.0262. The molecular formula is C15H17N3O4. The number of hydrogen-bond acceptors (Lipinski definition) is 5. The number of likely N-dealkylation sites (tertiary alicyclic amines) is 1. The number of rotatable bonds is 3. The largest absolute Gasteiger partial charge is 0.481 e. The molecule has 7 nitrogen and oxygen atoms in total. The molecule has 1 fully saturated rings. The van der Waals surface area contributed by atoms with E-state index < -0.39 is 5.97 Å². The summed E-state index contributed by atoms with van der Waals surface area (Å²) in [5.74, 6) is -1.06. The van der Waals surface area contributed by atoms with Gasteiger partial charge in [0.15, 0.2) is 0 Å². The second-order valence-electron chi connectivity index (χ2n) is 5.65. The van der Waals surface area contributed by atoms with E-state index in [0.29, 0.717) is 41.0 Å². The third-order valence-electron chi connectivity index (χ3n) is 4.02. The van der Waals surface area contributed by atoms with Crippen LogP contribution in [-0.2, 0) is 4.79 Å². The van der Waals surface area contributed by atoms with E-state index in [0.717, 1.165) is 6.42 Å². The summed E-state index contributed by atoms with van der Waals surface area (Å²) in [6.07, 6.45) is 1.51. The van der Waals surface area contributed by atoms with Crippen molar-refractivity contribution in [2.24, 2.45) is 0 Å². The number of nitrogens with zero attached hydrogens (tertiary/aromatic N) is 3. The molecule has 0 saturated carbocycles. The van der Waals surface area contributed by atoms with Gasteiger partial charge in [-0.05, 0) is 32.8 Å². The molecule has 22 heavy (non-hydrogen) atoms. The first kappa shape index (κ1) is 14.5. The number of carbonyl (C=O) groups excluding carboxylic acids is 1. The molecule has 0 radical (unpaired) electrons. The predicted octanol–water partition coefficient (Wildman–Crippen LogP) is 1.92. The van der Waals surface area contributed by atoms with E-state index in [1.54, 1.807) is 24.8 Å². The number of carboxylic acids is 1. The molecule has 0 bridgehead atoms. The maximum absolute atomic E-state index is 12.9. The highest BCUT2D eigenvalue weighted by Gasteiger charge is 2.32. The van der Waals surface area contributed by atoms with Crippen LogP contribution in [0.25, 0.3) is 11.1 Å². The Hall–Kier alpha value is -2.44. The van der Waals surface area contributed by atoms with E-state index in [2.05, 4.69) is 10.1 Å². The van der Waals surface area contributed by atoms with Gasteiger partial charge in [0.2, 0.25) is 0 Å². The van der Waals surface area contributed by atoms with Crippen molar-refractivity contribution in [3.63, 3.8) is 0 Å². The topological polar surface area (TPSA) is 96.5 Å². The van der Waals surface area contributed by atoms with Crippen LogP contribution in [0, 0.1) is 13.8 Å². The predicted molar refractivity (Wildman–Crippen MR) is 77.6 cm³/mol. The molecule has 1 saturated heterocycles. The zero-order chi connectivity index (χ0) is 15.9. The van der Waals surface area contributed by atoms with Gasteiger partial charge in [0.25, 0.3) is 11.6 Å². The number of fused-ring (bicyclic) bond motifs is 1. The fourth-order valence-electron chi connectivity index (χ4n) is 3.06. The average molecular weight is 303 g/mol. The lowest BCUT2D eigenvalue weighted by molar-refractivity contribution is -0.137. The number of carboxylic acid groups (broad SMARTS) is 1. The Morgan fingerprint density at radius 2 is 2.23 bits per heavy atom. The van der Waals surface area contributed by atoms with Crippen molar-refractivity contribution in [3.8, 4) is 0 Å². The van der Waals surface area contributed by atoms with E-state index in [9.17, 15) is 9.59 Å². The van der Waals surface area contributed by atoms with E-state index >= 15 is 0 Å². The number of carbonyl (C=O) groups is 2. The fraction of sp³-hybridized carbons (Fsp3) is 0.467. The lowest BCUT2D eigenvalue weighted by Crippen LogP contribution is -2.37. The molecule has 1 N–H and O–H groups in total. The van der Waals surface area contributed by atoms with Crippen LogP contribution in [0.4, 0.5) is 0 Å².